The van der Waals surface area contributed by atoms with E-state index in [1.165, 1.54) is 11.3 Å². The third-order valence-electron chi connectivity index (χ3n) is 4.42. The highest BCUT2D eigenvalue weighted by Gasteiger charge is 2.27. The molecule has 1 fully saturated rings. The van der Waals surface area contributed by atoms with Gasteiger partial charge in [0.2, 0.25) is 0 Å². The molecule has 0 saturated carbocycles. The number of anilines is 2. The summed E-state index contributed by atoms with van der Waals surface area (Å²) in [7, 11) is 0. The van der Waals surface area contributed by atoms with Gasteiger partial charge in [-0.3, -0.25) is 9.88 Å². The van der Waals surface area contributed by atoms with Gasteiger partial charge >= 0.3 is 0 Å². The van der Waals surface area contributed by atoms with E-state index in [-0.39, 0.29) is 0 Å². The minimum Gasteiger partial charge on any atom is -0.316 e. The van der Waals surface area contributed by atoms with Gasteiger partial charge in [0.1, 0.15) is 5.82 Å². The zero-order chi connectivity index (χ0) is 17.1. The molecule has 1 aliphatic rings. The topological polar surface area (TPSA) is 53.9 Å². The smallest absolute Gasteiger partial charge is 0.188 e. The van der Waals surface area contributed by atoms with Gasteiger partial charge < -0.3 is 5.32 Å². The maximum absolute atomic E-state index is 4.84. The summed E-state index contributed by atoms with van der Waals surface area (Å²) in [6.07, 6.45) is 6.07. The van der Waals surface area contributed by atoms with E-state index < -0.39 is 0 Å². The molecular formula is C19H21N5S. The van der Waals surface area contributed by atoms with Crippen LogP contribution >= 0.6 is 11.3 Å². The molecule has 0 aliphatic carbocycles. The molecule has 3 aromatic heterocycles. The molecule has 6 heteroatoms. The molecule has 1 aliphatic heterocycles. The summed E-state index contributed by atoms with van der Waals surface area (Å²) in [4.78, 5) is 17.3. The van der Waals surface area contributed by atoms with E-state index in [1.54, 1.807) is 11.3 Å². The van der Waals surface area contributed by atoms with Crippen LogP contribution in [0.4, 0.5) is 10.9 Å². The van der Waals surface area contributed by atoms with Gasteiger partial charge in [-0.1, -0.05) is 12.1 Å². The van der Waals surface area contributed by atoms with Crippen molar-refractivity contribution < 1.29 is 0 Å². The summed E-state index contributed by atoms with van der Waals surface area (Å²) in [5, 5.41) is 4.21. The average molecular weight is 351 g/mol. The molecule has 1 saturated heterocycles. The standard InChI is InChI=1S/C19H21N5S/c1-14-12-21-19(25-14)23-18-9-4-7-16(22-18)17-8-5-11-24(17)13-15-6-2-3-10-20-15/h2-4,6-7,9-10,12,17H,5,8,11,13H2,1H3,(H,21,22,23). The number of likely N-dealkylation sites (tertiary alicyclic amines) is 1. The average Bonchev–Trinajstić information content (AvgIpc) is 3.25. The van der Waals surface area contributed by atoms with Crippen LogP contribution in [0.15, 0.2) is 48.8 Å². The van der Waals surface area contributed by atoms with E-state index in [4.69, 9.17) is 4.98 Å². The Kier molecular flexibility index (Phi) is 4.72. The maximum atomic E-state index is 4.84. The second kappa shape index (κ2) is 7.29. The number of hydrogen-bond donors (Lipinski definition) is 1. The molecule has 0 amide bonds. The second-order valence-corrected chi connectivity index (χ2v) is 7.53. The van der Waals surface area contributed by atoms with Gasteiger partial charge in [0.05, 0.1) is 17.4 Å². The largest absolute Gasteiger partial charge is 0.316 e. The lowest BCUT2D eigenvalue weighted by Crippen LogP contribution is -2.24. The van der Waals surface area contributed by atoms with Gasteiger partial charge in [-0.15, -0.1) is 11.3 Å². The van der Waals surface area contributed by atoms with Gasteiger partial charge in [-0.05, 0) is 50.6 Å². The van der Waals surface area contributed by atoms with Crippen LogP contribution < -0.4 is 5.32 Å². The maximum Gasteiger partial charge on any atom is 0.188 e. The van der Waals surface area contributed by atoms with Crippen LogP contribution in [-0.4, -0.2) is 26.4 Å². The Morgan fingerprint density at radius 1 is 1.20 bits per heavy atom. The highest BCUT2D eigenvalue weighted by atomic mass is 32.1. The van der Waals surface area contributed by atoms with E-state index in [9.17, 15) is 0 Å². The van der Waals surface area contributed by atoms with Crippen molar-refractivity contribution in [3.63, 3.8) is 0 Å². The van der Waals surface area contributed by atoms with Crippen LogP contribution in [0.3, 0.4) is 0 Å². The molecule has 3 aromatic rings. The van der Waals surface area contributed by atoms with Crippen molar-refractivity contribution >= 4 is 22.3 Å². The molecule has 128 valence electrons. The van der Waals surface area contributed by atoms with Crippen LogP contribution in [0.1, 0.15) is 35.1 Å². The summed E-state index contributed by atoms with van der Waals surface area (Å²) < 4.78 is 0. The van der Waals surface area contributed by atoms with Gasteiger partial charge in [-0.2, -0.15) is 0 Å². The lowest BCUT2D eigenvalue weighted by atomic mass is 10.1. The molecule has 0 aromatic carbocycles. The van der Waals surface area contributed by atoms with Gasteiger partial charge in [0, 0.05) is 23.8 Å². The van der Waals surface area contributed by atoms with Crippen molar-refractivity contribution in [2.75, 3.05) is 11.9 Å². The number of thiazole rings is 1. The molecule has 4 heterocycles. The molecule has 1 N–H and O–H groups in total. The Bertz CT molecular complexity index is 833. The first-order valence-corrected chi connectivity index (χ1v) is 9.40. The molecule has 0 radical (unpaired) electrons. The Labute approximate surface area is 151 Å². The molecular weight excluding hydrogens is 330 g/mol. The van der Waals surface area contributed by atoms with Gasteiger partial charge in [0.15, 0.2) is 5.13 Å². The van der Waals surface area contributed by atoms with Crippen LogP contribution in [-0.2, 0) is 6.54 Å². The fraction of sp³-hybridized carbons (Fsp3) is 0.316. The number of pyridine rings is 2. The van der Waals surface area contributed by atoms with Crippen molar-refractivity contribution in [2.45, 2.75) is 32.4 Å². The third-order valence-corrected chi connectivity index (χ3v) is 5.25. The molecule has 1 atom stereocenters. The fourth-order valence-electron chi connectivity index (χ4n) is 3.28. The Balaban J connectivity index is 1.51. The summed E-state index contributed by atoms with van der Waals surface area (Å²) in [5.74, 6) is 0.858. The predicted octanol–water partition coefficient (Wildman–Crippen LogP) is 4.32. The molecule has 0 spiro atoms. The van der Waals surface area contributed by atoms with E-state index in [0.717, 1.165) is 41.8 Å². The minimum atomic E-state index is 0.349. The lowest BCUT2D eigenvalue weighted by molar-refractivity contribution is 0.241. The number of nitrogens with one attached hydrogen (secondary N) is 1. The number of nitrogens with zero attached hydrogens (tertiary/aromatic N) is 4. The van der Waals surface area contributed by atoms with Crippen LogP contribution in [0, 0.1) is 6.92 Å². The first kappa shape index (κ1) is 16.2. The van der Waals surface area contributed by atoms with Crippen molar-refractivity contribution in [1.29, 1.82) is 0 Å². The molecule has 1 unspecified atom stereocenters. The van der Waals surface area contributed by atoms with Crippen molar-refractivity contribution in [2.24, 2.45) is 0 Å². The molecule has 25 heavy (non-hydrogen) atoms. The Morgan fingerprint density at radius 3 is 2.96 bits per heavy atom. The van der Waals surface area contributed by atoms with E-state index in [1.807, 2.05) is 30.6 Å². The Hall–Kier alpha value is -2.31. The number of rotatable bonds is 5. The normalized spacial score (nSPS) is 17.7. The SMILES string of the molecule is Cc1cnc(Nc2cccc(C3CCCN3Cc3ccccn3)n2)s1. The highest BCUT2D eigenvalue weighted by Crippen LogP contribution is 2.32. The van der Waals surface area contributed by atoms with E-state index in [2.05, 4.69) is 45.3 Å². The summed E-state index contributed by atoms with van der Waals surface area (Å²) in [6, 6.07) is 12.6. The predicted molar refractivity (Wildman–Crippen MR) is 101 cm³/mol. The third kappa shape index (κ3) is 3.86. The first-order valence-electron chi connectivity index (χ1n) is 8.58. The minimum absolute atomic E-state index is 0.349. The zero-order valence-corrected chi connectivity index (χ0v) is 15.0. The first-order chi connectivity index (χ1) is 12.3. The van der Waals surface area contributed by atoms with Crippen LogP contribution in [0.25, 0.3) is 0 Å². The number of aromatic nitrogens is 3. The zero-order valence-electron chi connectivity index (χ0n) is 14.2. The number of aryl methyl sites for hydroxylation is 1. The van der Waals surface area contributed by atoms with Gasteiger partial charge in [-0.25, -0.2) is 9.97 Å². The molecule has 0 bridgehead atoms. The van der Waals surface area contributed by atoms with E-state index >= 15 is 0 Å². The van der Waals surface area contributed by atoms with E-state index in [0.29, 0.717) is 6.04 Å². The second-order valence-electron chi connectivity index (χ2n) is 6.30. The monoisotopic (exact) mass is 351 g/mol. The van der Waals surface area contributed by atoms with Crippen LogP contribution in [0.2, 0.25) is 0 Å². The highest BCUT2D eigenvalue weighted by molar-refractivity contribution is 7.15. The van der Waals surface area contributed by atoms with Crippen molar-refractivity contribution in [3.05, 3.63) is 65.1 Å². The fourth-order valence-corrected chi connectivity index (χ4v) is 3.95. The summed E-state index contributed by atoms with van der Waals surface area (Å²) in [6.45, 7) is 4.02. The lowest BCUT2D eigenvalue weighted by Gasteiger charge is -2.24. The van der Waals surface area contributed by atoms with Crippen LogP contribution in [0.5, 0.6) is 0 Å². The molecule has 4 rings (SSSR count). The van der Waals surface area contributed by atoms with Gasteiger partial charge in [0.25, 0.3) is 0 Å². The van der Waals surface area contributed by atoms with Crippen molar-refractivity contribution in [1.82, 2.24) is 19.9 Å². The quantitative estimate of drug-likeness (QED) is 0.742. The molecule has 5 nitrogen and oxygen atoms in total. The summed E-state index contributed by atoms with van der Waals surface area (Å²) in [5.41, 5.74) is 2.23. The number of hydrogen-bond acceptors (Lipinski definition) is 6. The summed E-state index contributed by atoms with van der Waals surface area (Å²) >= 11 is 1.64. The van der Waals surface area contributed by atoms with Crippen molar-refractivity contribution in [3.8, 4) is 0 Å². The Morgan fingerprint density at radius 2 is 2.16 bits per heavy atom.